The van der Waals surface area contributed by atoms with E-state index in [9.17, 15) is 4.79 Å². The van der Waals surface area contributed by atoms with Gasteiger partial charge in [-0.3, -0.25) is 14.1 Å². The number of methoxy groups -OCH3 is 1. The Morgan fingerprint density at radius 3 is 2.30 bits per heavy atom. The zero-order valence-electron chi connectivity index (χ0n) is 18.8. The van der Waals surface area contributed by atoms with Gasteiger partial charge in [-0.15, -0.1) is 0 Å². The van der Waals surface area contributed by atoms with Crippen LogP contribution in [0.5, 0.6) is 6.01 Å². The number of pyridine rings is 2. The minimum absolute atomic E-state index is 0.181. The summed E-state index contributed by atoms with van der Waals surface area (Å²) < 4.78 is 8.28. The van der Waals surface area contributed by atoms with Gasteiger partial charge in [-0.1, -0.05) is 12.1 Å². The lowest BCUT2D eigenvalue weighted by Crippen LogP contribution is -2.28. The van der Waals surface area contributed by atoms with E-state index in [1.807, 2.05) is 50.2 Å². The van der Waals surface area contributed by atoms with E-state index >= 15 is 0 Å². The van der Waals surface area contributed by atoms with E-state index in [-0.39, 0.29) is 11.7 Å². The summed E-state index contributed by atoms with van der Waals surface area (Å²) in [6, 6.07) is 11.7. The molecule has 9 heteroatoms. The standard InChI is InChI=1S/C24H23N7O2/c1-24(2,25)15-5-7-16(8-6-15)31-21-19(30(3)23(31)32)13-26-18-10-9-17(29-20(18)21)14-11-27-22(33-4)28-12-14/h5-13H,25H2,1-4H3. The fourth-order valence-electron chi connectivity index (χ4n) is 3.85. The van der Waals surface area contributed by atoms with Crippen molar-refractivity contribution in [2.24, 2.45) is 12.8 Å². The van der Waals surface area contributed by atoms with Crippen LogP contribution >= 0.6 is 0 Å². The minimum atomic E-state index is -0.476. The molecule has 0 aliphatic rings. The third kappa shape index (κ3) is 3.42. The van der Waals surface area contributed by atoms with Gasteiger partial charge in [0.05, 0.1) is 35.7 Å². The summed E-state index contributed by atoms with van der Waals surface area (Å²) in [5.41, 5.74) is 11.3. The number of hydrogen-bond donors (Lipinski definition) is 1. The summed E-state index contributed by atoms with van der Waals surface area (Å²) in [6.45, 7) is 3.89. The Hall–Kier alpha value is -4.11. The topological polar surface area (TPSA) is 114 Å². The van der Waals surface area contributed by atoms with E-state index in [1.165, 1.54) is 7.11 Å². The van der Waals surface area contributed by atoms with E-state index in [1.54, 1.807) is 34.8 Å². The molecule has 9 nitrogen and oxygen atoms in total. The average molecular weight is 441 g/mol. The van der Waals surface area contributed by atoms with Gasteiger partial charge in [0.25, 0.3) is 0 Å². The highest BCUT2D eigenvalue weighted by Crippen LogP contribution is 2.27. The first kappa shape index (κ1) is 20.8. The molecule has 0 amide bonds. The van der Waals surface area contributed by atoms with Crippen molar-refractivity contribution in [3.8, 4) is 23.0 Å². The molecule has 5 rings (SSSR count). The number of aryl methyl sites for hydroxylation is 1. The molecule has 0 aliphatic carbocycles. The van der Waals surface area contributed by atoms with Crippen LogP contribution in [0.4, 0.5) is 0 Å². The lowest BCUT2D eigenvalue weighted by atomic mass is 9.95. The third-order valence-corrected chi connectivity index (χ3v) is 5.71. The number of rotatable bonds is 4. The van der Waals surface area contributed by atoms with Crippen LogP contribution in [0, 0.1) is 0 Å². The summed E-state index contributed by atoms with van der Waals surface area (Å²) in [5, 5.41) is 0. The number of aromatic nitrogens is 6. The van der Waals surface area contributed by atoms with Crippen LogP contribution < -0.4 is 16.2 Å². The Morgan fingerprint density at radius 2 is 1.67 bits per heavy atom. The van der Waals surface area contributed by atoms with Gasteiger partial charge >= 0.3 is 11.7 Å². The Labute approximate surface area is 189 Å². The maximum absolute atomic E-state index is 13.3. The van der Waals surface area contributed by atoms with Crippen molar-refractivity contribution >= 4 is 22.1 Å². The summed E-state index contributed by atoms with van der Waals surface area (Å²) in [5.74, 6) is 0. The van der Waals surface area contributed by atoms with E-state index in [0.717, 1.165) is 16.8 Å². The fraction of sp³-hybridized carbons (Fsp3) is 0.208. The summed E-state index contributed by atoms with van der Waals surface area (Å²) in [4.78, 5) is 31.0. The predicted molar refractivity (Wildman–Crippen MR) is 126 cm³/mol. The van der Waals surface area contributed by atoms with Crippen molar-refractivity contribution in [1.29, 1.82) is 0 Å². The van der Waals surface area contributed by atoms with Crippen LogP contribution in [0.1, 0.15) is 19.4 Å². The number of imidazole rings is 1. The monoisotopic (exact) mass is 441 g/mol. The maximum atomic E-state index is 13.3. The number of benzene rings is 1. The maximum Gasteiger partial charge on any atom is 0.333 e. The molecule has 166 valence electrons. The summed E-state index contributed by atoms with van der Waals surface area (Å²) in [6.07, 6.45) is 5.00. The van der Waals surface area contributed by atoms with Crippen LogP contribution in [-0.4, -0.2) is 36.2 Å². The Bertz CT molecular complexity index is 1540. The van der Waals surface area contributed by atoms with Gasteiger partial charge in [0, 0.05) is 30.5 Å². The third-order valence-electron chi connectivity index (χ3n) is 5.71. The molecule has 0 aliphatic heterocycles. The van der Waals surface area contributed by atoms with Crippen LogP contribution in [0.2, 0.25) is 0 Å². The molecule has 0 unspecified atom stereocenters. The molecule has 5 aromatic rings. The quantitative estimate of drug-likeness (QED) is 0.456. The van der Waals surface area contributed by atoms with Crippen LogP contribution in [0.15, 0.2) is 59.8 Å². The second-order valence-corrected chi connectivity index (χ2v) is 8.46. The van der Waals surface area contributed by atoms with E-state index < -0.39 is 5.54 Å². The molecule has 2 N–H and O–H groups in total. The SMILES string of the molecule is COc1ncc(-c2ccc3ncc4c(c3n2)n(-c2ccc(C(C)(C)N)cc2)c(=O)n4C)cn1. The lowest BCUT2D eigenvalue weighted by Gasteiger charge is -2.19. The van der Waals surface area contributed by atoms with Crippen molar-refractivity contribution < 1.29 is 4.74 Å². The zero-order chi connectivity index (χ0) is 23.3. The van der Waals surface area contributed by atoms with Gasteiger partial charge in [-0.05, 0) is 43.7 Å². The average Bonchev–Trinajstić information content (AvgIpc) is 3.08. The fourth-order valence-corrected chi connectivity index (χ4v) is 3.85. The van der Waals surface area contributed by atoms with Gasteiger partial charge in [0.1, 0.15) is 11.0 Å². The molecule has 0 atom stereocenters. The van der Waals surface area contributed by atoms with Crippen LogP contribution in [-0.2, 0) is 12.6 Å². The molecular weight excluding hydrogens is 418 g/mol. The van der Waals surface area contributed by atoms with Crippen molar-refractivity contribution in [3.63, 3.8) is 0 Å². The van der Waals surface area contributed by atoms with Crippen molar-refractivity contribution in [2.75, 3.05) is 7.11 Å². The van der Waals surface area contributed by atoms with Gasteiger partial charge < -0.3 is 10.5 Å². The molecule has 1 aromatic carbocycles. The number of nitrogens with two attached hydrogens (primary N) is 1. The number of hydrogen-bond acceptors (Lipinski definition) is 7. The highest BCUT2D eigenvalue weighted by molar-refractivity contribution is 6.01. The first-order chi connectivity index (χ1) is 15.8. The van der Waals surface area contributed by atoms with Gasteiger partial charge in [-0.25, -0.2) is 19.7 Å². The molecule has 0 saturated heterocycles. The highest BCUT2D eigenvalue weighted by Gasteiger charge is 2.19. The Kier molecular flexibility index (Phi) is 4.71. The second-order valence-electron chi connectivity index (χ2n) is 8.46. The van der Waals surface area contributed by atoms with Crippen molar-refractivity contribution in [3.05, 3.63) is 71.0 Å². The van der Waals surface area contributed by atoms with E-state index in [0.29, 0.717) is 27.8 Å². The predicted octanol–water partition coefficient (Wildman–Crippen LogP) is 2.93. The van der Waals surface area contributed by atoms with Gasteiger partial charge in [-0.2, -0.15) is 0 Å². The van der Waals surface area contributed by atoms with Crippen LogP contribution in [0.25, 0.3) is 39.0 Å². The molecule has 0 spiro atoms. The lowest BCUT2D eigenvalue weighted by molar-refractivity contribution is 0.380. The van der Waals surface area contributed by atoms with Crippen molar-refractivity contribution in [2.45, 2.75) is 19.4 Å². The highest BCUT2D eigenvalue weighted by atomic mass is 16.5. The number of ether oxygens (including phenoxy) is 1. The first-order valence-electron chi connectivity index (χ1n) is 10.4. The molecule has 4 heterocycles. The number of nitrogens with zero attached hydrogens (tertiary/aromatic N) is 6. The minimum Gasteiger partial charge on any atom is -0.467 e. The van der Waals surface area contributed by atoms with Gasteiger partial charge in [0.15, 0.2) is 0 Å². The number of fused-ring (bicyclic) bond motifs is 3. The first-order valence-corrected chi connectivity index (χ1v) is 10.4. The molecule has 0 fully saturated rings. The molecule has 0 saturated carbocycles. The van der Waals surface area contributed by atoms with Crippen LogP contribution in [0.3, 0.4) is 0 Å². The summed E-state index contributed by atoms with van der Waals surface area (Å²) in [7, 11) is 3.24. The molecule has 33 heavy (non-hydrogen) atoms. The normalized spacial score (nSPS) is 11.9. The Morgan fingerprint density at radius 1 is 0.970 bits per heavy atom. The largest absolute Gasteiger partial charge is 0.467 e. The van der Waals surface area contributed by atoms with Crippen molar-refractivity contribution in [1.82, 2.24) is 29.1 Å². The molecule has 0 bridgehead atoms. The molecule has 0 radical (unpaired) electrons. The second kappa shape index (κ2) is 7.49. The van der Waals surface area contributed by atoms with Gasteiger partial charge in [0.2, 0.25) is 0 Å². The smallest absolute Gasteiger partial charge is 0.333 e. The zero-order valence-corrected chi connectivity index (χ0v) is 18.8. The van der Waals surface area contributed by atoms with E-state index in [4.69, 9.17) is 15.5 Å². The molecule has 4 aromatic heterocycles. The Balaban J connectivity index is 1.76. The summed E-state index contributed by atoms with van der Waals surface area (Å²) >= 11 is 0. The molecular formula is C24H23N7O2. The van der Waals surface area contributed by atoms with E-state index in [2.05, 4.69) is 15.0 Å².